The maximum absolute atomic E-state index is 12.4. The second-order valence-electron chi connectivity index (χ2n) is 4.79. The Morgan fingerprint density at radius 3 is 2.11 bits per heavy atom. The molecule has 0 spiro atoms. The van der Waals surface area contributed by atoms with Crippen LogP contribution in [0.1, 0.15) is 38.4 Å². The summed E-state index contributed by atoms with van der Waals surface area (Å²) >= 11 is 0. The summed E-state index contributed by atoms with van der Waals surface area (Å²) in [6.45, 7) is 7.81. The molecule has 1 heterocycles. The highest BCUT2D eigenvalue weighted by molar-refractivity contribution is 6.09. The highest BCUT2D eigenvalue weighted by atomic mass is 16.1. The summed E-state index contributed by atoms with van der Waals surface area (Å²) in [7, 11) is 0. The molecule has 0 radical (unpaired) electrons. The van der Waals surface area contributed by atoms with Gasteiger partial charge in [-0.25, -0.2) is 0 Å². The normalized spacial score (nSPS) is 10.4. The zero-order valence-corrected chi connectivity index (χ0v) is 11.2. The fourth-order valence-electron chi connectivity index (χ4n) is 2.19. The Bertz CT molecular complexity index is 594. The minimum absolute atomic E-state index is 0.0480. The van der Waals surface area contributed by atoms with E-state index in [0.29, 0.717) is 5.56 Å². The number of nitrogens with zero attached hydrogens (tertiary/aromatic N) is 1. The van der Waals surface area contributed by atoms with Crippen molar-refractivity contribution in [1.29, 1.82) is 0 Å². The molecule has 0 aliphatic carbocycles. The van der Waals surface area contributed by atoms with E-state index in [1.165, 1.54) is 0 Å². The van der Waals surface area contributed by atoms with Crippen molar-refractivity contribution in [3.8, 4) is 0 Å². The van der Waals surface area contributed by atoms with Gasteiger partial charge in [0.05, 0.1) is 0 Å². The van der Waals surface area contributed by atoms with Crippen LogP contribution < -0.4 is 0 Å². The average molecular weight is 239 g/mol. The highest BCUT2D eigenvalue weighted by Gasteiger charge is 2.13. The SMILES string of the molecule is Cc1cc(C)cc(C(=O)c2ccc(C)nc2C)c1. The van der Waals surface area contributed by atoms with E-state index in [4.69, 9.17) is 0 Å². The average Bonchev–Trinajstić information content (AvgIpc) is 2.26. The second-order valence-corrected chi connectivity index (χ2v) is 4.79. The lowest BCUT2D eigenvalue weighted by Gasteiger charge is -2.07. The molecule has 92 valence electrons. The fourth-order valence-corrected chi connectivity index (χ4v) is 2.19. The first kappa shape index (κ1) is 12.5. The Morgan fingerprint density at radius 1 is 0.944 bits per heavy atom. The Morgan fingerprint density at radius 2 is 1.56 bits per heavy atom. The van der Waals surface area contributed by atoms with Crippen molar-refractivity contribution in [3.63, 3.8) is 0 Å². The maximum Gasteiger partial charge on any atom is 0.194 e. The number of carbonyl (C=O) groups is 1. The Labute approximate surface area is 108 Å². The van der Waals surface area contributed by atoms with E-state index in [1.807, 2.05) is 52.0 Å². The number of pyridine rings is 1. The van der Waals surface area contributed by atoms with E-state index < -0.39 is 0 Å². The van der Waals surface area contributed by atoms with Gasteiger partial charge in [0.1, 0.15) is 0 Å². The van der Waals surface area contributed by atoms with E-state index in [1.54, 1.807) is 0 Å². The Kier molecular flexibility index (Phi) is 3.28. The Balaban J connectivity index is 2.47. The van der Waals surface area contributed by atoms with Crippen molar-refractivity contribution in [2.75, 3.05) is 0 Å². The van der Waals surface area contributed by atoms with Crippen LogP contribution in [0.15, 0.2) is 30.3 Å². The van der Waals surface area contributed by atoms with Crippen LogP contribution in [0.2, 0.25) is 0 Å². The third-order valence-corrected chi connectivity index (χ3v) is 2.95. The summed E-state index contributed by atoms with van der Waals surface area (Å²) in [5.41, 5.74) is 5.36. The van der Waals surface area contributed by atoms with Gasteiger partial charge in [-0.3, -0.25) is 9.78 Å². The number of hydrogen-bond donors (Lipinski definition) is 0. The largest absolute Gasteiger partial charge is 0.289 e. The van der Waals surface area contributed by atoms with Gasteiger partial charge in [-0.15, -0.1) is 0 Å². The van der Waals surface area contributed by atoms with Gasteiger partial charge < -0.3 is 0 Å². The zero-order chi connectivity index (χ0) is 13.3. The number of carbonyl (C=O) groups excluding carboxylic acids is 1. The minimum Gasteiger partial charge on any atom is -0.289 e. The molecular formula is C16H17NO. The van der Waals surface area contributed by atoms with Crippen LogP contribution in [0.4, 0.5) is 0 Å². The van der Waals surface area contributed by atoms with Gasteiger partial charge in [-0.05, 0) is 52.0 Å². The number of hydrogen-bond acceptors (Lipinski definition) is 2. The molecule has 0 fully saturated rings. The number of aromatic nitrogens is 1. The van der Waals surface area contributed by atoms with Gasteiger partial charge in [0, 0.05) is 22.5 Å². The second kappa shape index (κ2) is 4.73. The highest BCUT2D eigenvalue weighted by Crippen LogP contribution is 2.16. The molecule has 0 N–H and O–H groups in total. The third kappa shape index (κ3) is 2.48. The summed E-state index contributed by atoms with van der Waals surface area (Å²) in [5.74, 6) is 0.0480. The predicted octanol–water partition coefficient (Wildman–Crippen LogP) is 3.55. The molecule has 2 rings (SSSR count). The molecule has 0 aliphatic rings. The summed E-state index contributed by atoms with van der Waals surface area (Å²) in [6.07, 6.45) is 0. The van der Waals surface area contributed by atoms with Crippen LogP contribution in [0.5, 0.6) is 0 Å². The molecule has 0 unspecified atom stereocenters. The lowest BCUT2D eigenvalue weighted by atomic mass is 9.98. The molecule has 1 aromatic carbocycles. The molecule has 0 saturated heterocycles. The number of rotatable bonds is 2. The van der Waals surface area contributed by atoms with Gasteiger partial charge in [-0.1, -0.05) is 17.2 Å². The lowest BCUT2D eigenvalue weighted by molar-refractivity contribution is 0.103. The summed E-state index contributed by atoms with van der Waals surface area (Å²) in [4.78, 5) is 16.8. The molecule has 18 heavy (non-hydrogen) atoms. The maximum atomic E-state index is 12.4. The van der Waals surface area contributed by atoms with Gasteiger partial charge in [0.15, 0.2) is 5.78 Å². The molecule has 0 amide bonds. The summed E-state index contributed by atoms with van der Waals surface area (Å²) in [6, 6.07) is 9.65. The van der Waals surface area contributed by atoms with Crippen LogP contribution in [-0.2, 0) is 0 Å². The van der Waals surface area contributed by atoms with Crippen molar-refractivity contribution < 1.29 is 4.79 Å². The Hall–Kier alpha value is -1.96. The van der Waals surface area contributed by atoms with Crippen LogP contribution in [0, 0.1) is 27.7 Å². The van der Waals surface area contributed by atoms with E-state index in [2.05, 4.69) is 11.1 Å². The van der Waals surface area contributed by atoms with E-state index in [0.717, 1.165) is 28.1 Å². The monoisotopic (exact) mass is 239 g/mol. The van der Waals surface area contributed by atoms with Gasteiger partial charge in [0.25, 0.3) is 0 Å². The lowest BCUT2D eigenvalue weighted by Crippen LogP contribution is -2.06. The summed E-state index contributed by atoms with van der Waals surface area (Å²) in [5, 5.41) is 0. The van der Waals surface area contributed by atoms with E-state index in [-0.39, 0.29) is 5.78 Å². The van der Waals surface area contributed by atoms with Gasteiger partial charge in [-0.2, -0.15) is 0 Å². The minimum atomic E-state index is 0.0480. The zero-order valence-electron chi connectivity index (χ0n) is 11.2. The molecule has 2 aromatic rings. The van der Waals surface area contributed by atoms with Crippen LogP contribution in [0.25, 0.3) is 0 Å². The van der Waals surface area contributed by atoms with Crippen molar-refractivity contribution in [2.24, 2.45) is 0 Å². The molecule has 0 bridgehead atoms. The smallest absolute Gasteiger partial charge is 0.194 e. The molecule has 0 aliphatic heterocycles. The number of ketones is 1. The van der Waals surface area contributed by atoms with Crippen molar-refractivity contribution in [3.05, 3.63) is 64.0 Å². The molecule has 2 nitrogen and oxygen atoms in total. The van der Waals surface area contributed by atoms with Crippen LogP contribution in [0.3, 0.4) is 0 Å². The quantitative estimate of drug-likeness (QED) is 0.750. The van der Waals surface area contributed by atoms with Crippen molar-refractivity contribution >= 4 is 5.78 Å². The first-order valence-electron chi connectivity index (χ1n) is 6.04. The van der Waals surface area contributed by atoms with E-state index >= 15 is 0 Å². The van der Waals surface area contributed by atoms with Gasteiger partial charge in [0.2, 0.25) is 0 Å². The van der Waals surface area contributed by atoms with Crippen molar-refractivity contribution in [1.82, 2.24) is 4.98 Å². The number of aryl methyl sites for hydroxylation is 4. The van der Waals surface area contributed by atoms with Gasteiger partial charge >= 0.3 is 0 Å². The molecule has 1 aromatic heterocycles. The third-order valence-electron chi connectivity index (χ3n) is 2.95. The first-order valence-corrected chi connectivity index (χ1v) is 6.04. The fraction of sp³-hybridized carbons (Fsp3) is 0.250. The summed E-state index contributed by atoms with van der Waals surface area (Å²) < 4.78 is 0. The molecular weight excluding hydrogens is 222 g/mol. The number of benzene rings is 1. The predicted molar refractivity (Wildman–Crippen MR) is 73.1 cm³/mol. The standard InChI is InChI=1S/C16H17NO/c1-10-7-11(2)9-14(8-10)16(18)15-6-5-12(3)17-13(15)4/h5-9H,1-4H3. The first-order chi connectivity index (χ1) is 8.47. The van der Waals surface area contributed by atoms with E-state index in [9.17, 15) is 4.79 Å². The van der Waals surface area contributed by atoms with Crippen molar-refractivity contribution in [2.45, 2.75) is 27.7 Å². The van der Waals surface area contributed by atoms with Crippen LogP contribution in [-0.4, -0.2) is 10.8 Å². The molecule has 0 saturated carbocycles. The topological polar surface area (TPSA) is 30.0 Å². The molecule has 0 atom stereocenters. The van der Waals surface area contributed by atoms with Crippen LogP contribution >= 0.6 is 0 Å². The molecule has 2 heteroatoms.